The van der Waals surface area contributed by atoms with Crippen molar-refractivity contribution in [1.82, 2.24) is 15.0 Å². The molecule has 0 aliphatic heterocycles. The van der Waals surface area contributed by atoms with Crippen molar-refractivity contribution in [3.63, 3.8) is 0 Å². The van der Waals surface area contributed by atoms with Crippen LogP contribution in [0.5, 0.6) is 0 Å². The first-order chi connectivity index (χ1) is 11.5. The average molecular weight is 342 g/mol. The Bertz CT molecular complexity index is 638. The molecule has 0 radical (unpaired) electrons. The maximum Gasteiger partial charge on any atom is 0.433 e. The number of hydrogen-bond acceptors (Lipinski definition) is 6. The van der Waals surface area contributed by atoms with E-state index in [0.29, 0.717) is 25.1 Å². The topological polar surface area (TPSA) is 80.2 Å². The van der Waals surface area contributed by atoms with Crippen LogP contribution < -0.4 is 5.32 Å². The van der Waals surface area contributed by atoms with Gasteiger partial charge in [-0.3, -0.25) is 4.98 Å². The van der Waals surface area contributed by atoms with Crippen LogP contribution in [0.15, 0.2) is 30.6 Å². The standard InChI is InChI=1S/C15H17F3N4O2/c16-15(17,18)12-9-13(20-5-2-7-24-8-6-23)22-14(21-12)11-3-1-4-19-10-11/h1,3-4,9-10,23H,2,5-8H2,(H,20,21,22). The van der Waals surface area contributed by atoms with Crippen LogP contribution >= 0.6 is 0 Å². The number of hydrogen-bond donors (Lipinski definition) is 2. The van der Waals surface area contributed by atoms with Gasteiger partial charge in [0.1, 0.15) is 5.82 Å². The number of ether oxygens (including phenoxy) is 1. The van der Waals surface area contributed by atoms with E-state index in [1.807, 2.05) is 0 Å². The lowest BCUT2D eigenvalue weighted by Gasteiger charge is -2.12. The molecule has 0 saturated carbocycles. The minimum absolute atomic E-state index is 0.0445. The van der Waals surface area contributed by atoms with E-state index in [1.165, 1.54) is 12.4 Å². The first-order valence-electron chi connectivity index (χ1n) is 7.30. The maximum atomic E-state index is 13.0. The van der Waals surface area contributed by atoms with Crippen LogP contribution in [-0.4, -0.2) is 46.4 Å². The highest BCUT2D eigenvalue weighted by Gasteiger charge is 2.33. The normalized spacial score (nSPS) is 11.5. The molecule has 0 amide bonds. The van der Waals surface area contributed by atoms with Crippen LogP contribution in [0.1, 0.15) is 12.1 Å². The van der Waals surface area contributed by atoms with Gasteiger partial charge in [0.05, 0.1) is 13.2 Å². The number of rotatable bonds is 8. The Kier molecular flexibility index (Phi) is 6.44. The highest BCUT2D eigenvalue weighted by molar-refractivity contribution is 5.56. The Morgan fingerprint density at radius 3 is 2.71 bits per heavy atom. The van der Waals surface area contributed by atoms with Crippen LogP contribution in [0, 0.1) is 0 Å². The summed E-state index contributed by atoms with van der Waals surface area (Å²) < 4.78 is 44.1. The van der Waals surface area contributed by atoms with Gasteiger partial charge in [-0.2, -0.15) is 13.2 Å². The van der Waals surface area contributed by atoms with Crippen LogP contribution in [0.25, 0.3) is 11.4 Å². The first kappa shape index (κ1) is 18.1. The SMILES string of the molecule is OCCOCCCNc1cc(C(F)(F)F)nc(-c2cccnc2)n1. The van der Waals surface area contributed by atoms with Crippen molar-refractivity contribution in [2.24, 2.45) is 0 Å². The van der Waals surface area contributed by atoms with Crippen molar-refractivity contribution >= 4 is 5.82 Å². The lowest BCUT2D eigenvalue weighted by molar-refractivity contribution is -0.141. The molecule has 0 bridgehead atoms. The van der Waals surface area contributed by atoms with Crippen LogP contribution in [0.2, 0.25) is 0 Å². The van der Waals surface area contributed by atoms with Crippen molar-refractivity contribution in [2.75, 3.05) is 31.7 Å². The van der Waals surface area contributed by atoms with E-state index in [4.69, 9.17) is 9.84 Å². The molecule has 0 fully saturated rings. The van der Waals surface area contributed by atoms with Crippen molar-refractivity contribution in [2.45, 2.75) is 12.6 Å². The quantitative estimate of drug-likeness (QED) is 0.717. The molecule has 0 saturated heterocycles. The van der Waals surface area contributed by atoms with E-state index < -0.39 is 11.9 Å². The number of nitrogens with one attached hydrogen (secondary N) is 1. The summed E-state index contributed by atoms with van der Waals surface area (Å²) >= 11 is 0. The van der Waals surface area contributed by atoms with Crippen LogP contribution in [0.4, 0.5) is 19.0 Å². The average Bonchev–Trinajstić information content (AvgIpc) is 2.58. The van der Waals surface area contributed by atoms with Gasteiger partial charge in [-0.15, -0.1) is 0 Å². The van der Waals surface area contributed by atoms with E-state index in [1.54, 1.807) is 12.1 Å². The zero-order chi connectivity index (χ0) is 17.4. The van der Waals surface area contributed by atoms with E-state index in [9.17, 15) is 13.2 Å². The third kappa shape index (κ3) is 5.43. The molecule has 24 heavy (non-hydrogen) atoms. The Morgan fingerprint density at radius 2 is 2.04 bits per heavy atom. The summed E-state index contributed by atoms with van der Waals surface area (Å²) in [7, 11) is 0. The van der Waals surface area contributed by atoms with E-state index >= 15 is 0 Å². The largest absolute Gasteiger partial charge is 0.433 e. The molecule has 9 heteroatoms. The smallest absolute Gasteiger partial charge is 0.394 e. The van der Waals surface area contributed by atoms with Crippen molar-refractivity contribution in [3.05, 3.63) is 36.3 Å². The molecule has 0 atom stereocenters. The Hall–Kier alpha value is -2.26. The predicted octanol–water partition coefficient (Wildman–Crippen LogP) is 2.37. The van der Waals surface area contributed by atoms with Gasteiger partial charge in [-0.05, 0) is 18.6 Å². The minimum Gasteiger partial charge on any atom is -0.394 e. The number of nitrogens with zero attached hydrogens (tertiary/aromatic N) is 3. The van der Waals surface area contributed by atoms with Gasteiger partial charge in [0, 0.05) is 37.2 Å². The molecule has 6 nitrogen and oxygen atoms in total. The second kappa shape index (κ2) is 8.55. The molecule has 2 N–H and O–H groups in total. The second-order valence-corrected chi connectivity index (χ2v) is 4.82. The molecule has 0 unspecified atom stereocenters. The summed E-state index contributed by atoms with van der Waals surface area (Å²) in [5.41, 5.74) is -0.617. The van der Waals surface area contributed by atoms with Crippen LogP contribution in [-0.2, 0) is 10.9 Å². The lowest BCUT2D eigenvalue weighted by Crippen LogP contribution is -2.13. The van der Waals surface area contributed by atoms with E-state index in [0.717, 1.165) is 6.07 Å². The number of halogens is 3. The zero-order valence-electron chi connectivity index (χ0n) is 12.8. The number of aliphatic hydroxyl groups excluding tert-OH is 1. The van der Waals surface area contributed by atoms with Gasteiger partial charge < -0.3 is 15.2 Å². The molecule has 0 aliphatic carbocycles. The summed E-state index contributed by atoms with van der Waals surface area (Å²) in [5, 5.41) is 11.4. The summed E-state index contributed by atoms with van der Waals surface area (Å²) in [6.45, 7) is 0.937. The zero-order valence-corrected chi connectivity index (χ0v) is 12.8. The third-order valence-electron chi connectivity index (χ3n) is 2.94. The van der Waals surface area contributed by atoms with Gasteiger partial charge in [0.15, 0.2) is 11.5 Å². The monoisotopic (exact) mass is 342 g/mol. The number of aliphatic hydroxyl groups is 1. The van der Waals surface area contributed by atoms with Gasteiger partial charge in [0.25, 0.3) is 0 Å². The number of aromatic nitrogens is 3. The van der Waals surface area contributed by atoms with Crippen molar-refractivity contribution in [3.8, 4) is 11.4 Å². The summed E-state index contributed by atoms with van der Waals surface area (Å²) in [4.78, 5) is 11.6. The minimum atomic E-state index is -4.57. The third-order valence-corrected chi connectivity index (χ3v) is 2.94. The number of pyridine rings is 1. The molecular weight excluding hydrogens is 325 g/mol. The second-order valence-electron chi connectivity index (χ2n) is 4.82. The molecule has 2 aromatic rings. The Labute approximate surface area is 136 Å². The molecule has 0 spiro atoms. The molecule has 2 aromatic heterocycles. The highest BCUT2D eigenvalue weighted by Crippen LogP contribution is 2.30. The van der Waals surface area contributed by atoms with Gasteiger partial charge in [0.2, 0.25) is 0 Å². The molecule has 130 valence electrons. The predicted molar refractivity (Wildman–Crippen MR) is 81.3 cm³/mol. The molecular formula is C15H17F3N4O2. The fourth-order valence-electron chi connectivity index (χ4n) is 1.86. The summed E-state index contributed by atoms with van der Waals surface area (Å²) in [5.74, 6) is 0.0373. The molecule has 0 aromatic carbocycles. The summed E-state index contributed by atoms with van der Waals surface area (Å²) in [6, 6.07) is 4.06. The fraction of sp³-hybridized carbons (Fsp3) is 0.400. The summed E-state index contributed by atoms with van der Waals surface area (Å²) in [6.07, 6.45) is -1.08. The molecule has 0 aliphatic rings. The van der Waals surface area contributed by atoms with E-state index in [2.05, 4.69) is 20.3 Å². The van der Waals surface area contributed by atoms with Gasteiger partial charge in [-0.1, -0.05) is 0 Å². The van der Waals surface area contributed by atoms with Gasteiger partial charge >= 0.3 is 6.18 Å². The van der Waals surface area contributed by atoms with Crippen molar-refractivity contribution in [1.29, 1.82) is 0 Å². The Balaban J connectivity index is 2.12. The molecule has 2 heterocycles. The highest BCUT2D eigenvalue weighted by atomic mass is 19.4. The molecule has 2 rings (SSSR count). The van der Waals surface area contributed by atoms with Crippen LogP contribution in [0.3, 0.4) is 0 Å². The maximum absolute atomic E-state index is 13.0. The van der Waals surface area contributed by atoms with E-state index in [-0.39, 0.29) is 24.9 Å². The number of anilines is 1. The number of alkyl halides is 3. The van der Waals surface area contributed by atoms with Crippen molar-refractivity contribution < 1.29 is 23.0 Å². The Morgan fingerprint density at radius 1 is 1.21 bits per heavy atom. The fourth-order valence-corrected chi connectivity index (χ4v) is 1.86. The first-order valence-corrected chi connectivity index (χ1v) is 7.30. The van der Waals surface area contributed by atoms with Gasteiger partial charge in [-0.25, -0.2) is 9.97 Å². The lowest BCUT2D eigenvalue weighted by atomic mass is 10.2.